The number of hydrogen-bond donors (Lipinski definition) is 1. The summed E-state index contributed by atoms with van der Waals surface area (Å²) in [4.78, 5) is 23.0. The monoisotopic (exact) mass is 287 g/mol. The van der Waals surface area contributed by atoms with E-state index in [1.807, 2.05) is 30.3 Å². The zero-order valence-corrected chi connectivity index (χ0v) is 11.5. The van der Waals surface area contributed by atoms with Gasteiger partial charge in [0.05, 0.1) is 5.92 Å². The molecule has 0 saturated heterocycles. The van der Waals surface area contributed by atoms with E-state index in [1.165, 1.54) is 0 Å². The van der Waals surface area contributed by atoms with Crippen LogP contribution in [-0.4, -0.2) is 27.5 Å². The molecular weight excluding hydrogens is 270 g/mol. The fraction of sp³-hybridized carbons (Fsp3) is 0.438. The van der Waals surface area contributed by atoms with Gasteiger partial charge in [0.1, 0.15) is 11.4 Å². The summed E-state index contributed by atoms with van der Waals surface area (Å²) in [5, 5.41) is 21.9. The molecule has 0 unspecified atom stereocenters. The topological polar surface area (TPSA) is 80.4 Å². The summed E-state index contributed by atoms with van der Waals surface area (Å²) in [6.07, 6.45) is 4.18. The summed E-state index contributed by atoms with van der Waals surface area (Å²) in [5.41, 5.74) is -0.409. The van der Waals surface area contributed by atoms with Gasteiger partial charge in [-0.1, -0.05) is 42.5 Å². The van der Waals surface area contributed by atoms with Crippen molar-refractivity contribution in [3.63, 3.8) is 0 Å². The van der Waals surface area contributed by atoms with E-state index in [0.717, 1.165) is 5.56 Å². The maximum absolute atomic E-state index is 12.0. The fourth-order valence-electron chi connectivity index (χ4n) is 3.68. The van der Waals surface area contributed by atoms with E-state index in [-0.39, 0.29) is 25.0 Å². The molecule has 0 amide bonds. The lowest BCUT2D eigenvalue weighted by Crippen LogP contribution is -2.45. The molecule has 5 heteroatoms. The van der Waals surface area contributed by atoms with Gasteiger partial charge in [-0.05, 0) is 18.4 Å². The number of Topliss-reactive ketones (excluding diaryl/α,β-unsaturated/α-hetero) is 1. The molecule has 0 aromatic heterocycles. The normalized spacial score (nSPS) is 35.3. The Kier molecular flexibility index (Phi) is 3.37. The quantitative estimate of drug-likeness (QED) is 0.681. The van der Waals surface area contributed by atoms with Gasteiger partial charge < -0.3 is 5.11 Å². The second-order valence-electron chi connectivity index (χ2n) is 5.96. The van der Waals surface area contributed by atoms with E-state index in [9.17, 15) is 20.0 Å². The zero-order valence-electron chi connectivity index (χ0n) is 11.5. The summed E-state index contributed by atoms with van der Waals surface area (Å²) in [5.74, 6) is -0.925. The predicted molar refractivity (Wildman–Crippen MR) is 77.0 cm³/mol. The first kappa shape index (κ1) is 13.9. The third-order valence-electron chi connectivity index (χ3n) is 4.71. The molecule has 0 spiro atoms. The molecular formula is C16H17NO4. The lowest BCUT2D eigenvalue weighted by atomic mass is 9.83. The molecule has 4 atom stereocenters. The Morgan fingerprint density at radius 2 is 2.05 bits per heavy atom. The van der Waals surface area contributed by atoms with Gasteiger partial charge in [0, 0.05) is 17.3 Å². The standard InChI is InChI=1S/C16H17NO4/c18-14-8-9-16(19)10-13(14)12(15(16)17(20)21)7-6-11-4-2-1-3-5-11/h1-7,12-13,15,19H,8-10H2/b7-6+/t12-,13-,15+,16-/m0/s1. The molecule has 0 heterocycles. The van der Waals surface area contributed by atoms with Crippen LogP contribution in [-0.2, 0) is 4.79 Å². The van der Waals surface area contributed by atoms with Crippen molar-refractivity contribution in [2.24, 2.45) is 11.8 Å². The molecule has 2 aliphatic carbocycles. The highest BCUT2D eigenvalue weighted by molar-refractivity contribution is 5.84. The van der Waals surface area contributed by atoms with Crippen LogP contribution in [0.3, 0.4) is 0 Å². The molecule has 5 nitrogen and oxygen atoms in total. The van der Waals surface area contributed by atoms with Gasteiger partial charge in [-0.3, -0.25) is 14.9 Å². The molecule has 1 aromatic rings. The van der Waals surface area contributed by atoms with Crippen LogP contribution in [0.4, 0.5) is 0 Å². The summed E-state index contributed by atoms with van der Waals surface area (Å²) in [6.45, 7) is 0. The molecule has 1 N–H and O–H groups in total. The van der Waals surface area contributed by atoms with Crippen LogP contribution >= 0.6 is 0 Å². The number of nitrogens with zero attached hydrogens (tertiary/aromatic N) is 1. The van der Waals surface area contributed by atoms with Crippen LogP contribution in [0.15, 0.2) is 36.4 Å². The number of carbonyl (C=O) groups is 1. The van der Waals surface area contributed by atoms with Crippen molar-refractivity contribution in [1.29, 1.82) is 0 Å². The van der Waals surface area contributed by atoms with Crippen molar-refractivity contribution in [2.75, 3.05) is 0 Å². The Hall–Kier alpha value is -2.01. The van der Waals surface area contributed by atoms with Gasteiger partial charge in [0.25, 0.3) is 0 Å². The SMILES string of the molecule is O=C1CC[C@]2(O)C[C@H]1[C@H](/C=C/c1ccccc1)[C@H]2[N+](=O)[O-]. The van der Waals surface area contributed by atoms with E-state index < -0.39 is 28.4 Å². The van der Waals surface area contributed by atoms with E-state index in [2.05, 4.69) is 0 Å². The minimum atomic E-state index is -1.34. The predicted octanol–water partition coefficient (Wildman–Crippen LogP) is 2.08. The molecule has 2 aliphatic rings. The van der Waals surface area contributed by atoms with Gasteiger partial charge in [-0.15, -0.1) is 0 Å². The van der Waals surface area contributed by atoms with Crippen molar-refractivity contribution >= 4 is 11.9 Å². The fourth-order valence-corrected chi connectivity index (χ4v) is 3.68. The van der Waals surface area contributed by atoms with Crippen molar-refractivity contribution in [1.82, 2.24) is 0 Å². The zero-order chi connectivity index (χ0) is 15.0. The lowest BCUT2D eigenvalue weighted by molar-refractivity contribution is -0.547. The third kappa shape index (κ3) is 2.38. The number of hydrogen-bond acceptors (Lipinski definition) is 4. The first-order valence-corrected chi connectivity index (χ1v) is 7.13. The summed E-state index contributed by atoms with van der Waals surface area (Å²) in [6, 6.07) is 8.37. The van der Waals surface area contributed by atoms with Crippen LogP contribution in [0.5, 0.6) is 0 Å². The average Bonchev–Trinajstić information content (AvgIpc) is 2.72. The lowest BCUT2D eigenvalue weighted by Gasteiger charge is -2.26. The number of nitro groups is 1. The number of ketones is 1. The molecule has 0 aliphatic heterocycles. The number of fused-ring (bicyclic) bond motifs is 2. The minimum Gasteiger partial charge on any atom is -0.383 e. The Morgan fingerprint density at radius 1 is 1.33 bits per heavy atom. The molecule has 1 aromatic carbocycles. The maximum atomic E-state index is 12.0. The Balaban J connectivity index is 1.93. The van der Waals surface area contributed by atoms with E-state index in [0.29, 0.717) is 0 Å². The summed E-state index contributed by atoms with van der Waals surface area (Å²) in [7, 11) is 0. The van der Waals surface area contributed by atoms with Crippen LogP contribution in [0.1, 0.15) is 24.8 Å². The summed E-state index contributed by atoms with van der Waals surface area (Å²) >= 11 is 0. The van der Waals surface area contributed by atoms with Gasteiger partial charge in [-0.25, -0.2) is 0 Å². The van der Waals surface area contributed by atoms with Crippen molar-refractivity contribution < 1.29 is 14.8 Å². The van der Waals surface area contributed by atoms with E-state index >= 15 is 0 Å². The first-order chi connectivity index (χ1) is 10.0. The van der Waals surface area contributed by atoms with Gasteiger partial charge in [0.15, 0.2) is 0 Å². The van der Waals surface area contributed by atoms with Gasteiger partial charge >= 0.3 is 0 Å². The Labute approximate surface area is 122 Å². The number of rotatable bonds is 3. The van der Waals surface area contributed by atoms with Crippen LogP contribution in [0.25, 0.3) is 6.08 Å². The van der Waals surface area contributed by atoms with Crippen LogP contribution in [0.2, 0.25) is 0 Å². The molecule has 2 saturated carbocycles. The molecule has 2 bridgehead atoms. The highest BCUT2D eigenvalue weighted by Crippen LogP contribution is 2.49. The second-order valence-corrected chi connectivity index (χ2v) is 5.96. The largest absolute Gasteiger partial charge is 0.383 e. The van der Waals surface area contributed by atoms with E-state index in [1.54, 1.807) is 12.2 Å². The van der Waals surface area contributed by atoms with Crippen LogP contribution < -0.4 is 0 Å². The highest BCUT2D eigenvalue weighted by Gasteiger charge is 2.63. The van der Waals surface area contributed by atoms with Crippen molar-refractivity contribution in [2.45, 2.75) is 30.9 Å². The van der Waals surface area contributed by atoms with Crippen molar-refractivity contribution in [3.8, 4) is 0 Å². The maximum Gasteiger partial charge on any atom is 0.248 e. The Morgan fingerprint density at radius 3 is 2.71 bits per heavy atom. The Bertz CT molecular complexity index is 598. The number of carbonyl (C=O) groups excluding carboxylic acids is 1. The number of benzene rings is 1. The van der Waals surface area contributed by atoms with Crippen molar-refractivity contribution in [3.05, 3.63) is 52.1 Å². The highest BCUT2D eigenvalue weighted by atomic mass is 16.6. The average molecular weight is 287 g/mol. The second kappa shape index (κ2) is 5.07. The number of aliphatic hydroxyl groups is 1. The summed E-state index contributed by atoms with van der Waals surface area (Å²) < 4.78 is 0. The minimum absolute atomic E-state index is 0.0340. The molecule has 3 rings (SSSR count). The van der Waals surface area contributed by atoms with Gasteiger partial charge in [-0.2, -0.15) is 0 Å². The smallest absolute Gasteiger partial charge is 0.248 e. The molecule has 0 radical (unpaired) electrons. The molecule has 2 fully saturated rings. The first-order valence-electron chi connectivity index (χ1n) is 7.13. The molecule has 21 heavy (non-hydrogen) atoms. The van der Waals surface area contributed by atoms with E-state index in [4.69, 9.17) is 0 Å². The van der Waals surface area contributed by atoms with Crippen LogP contribution in [0, 0.1) is 22.0 Å². The third-order valence-corrected chi connectivity index (χ3v) is 4.71. The van der Waals surface area contributed by atoms with Gasteiger partial charge in [0.2, 0.25) is 6.04 Å². The molecule has 110 valence electrons.